The number of pyridine rings is 2. The van der Waals surface area contributed by atoms with Crippen molar-refractivity contribution >= 4 is 65.3 Å². The first kappa shape index (κ1) is 50.5. The fourth-order valence-electron chi connectivity index (χ4n) is 13.7. The molecule has 0 unspecified atom stereocenters. The molecule has 17 rings (SSSR count). The van der Waals surface area contributed by atoms with Gasteiger partial charge in [0.1, 0.15) is 0 Å². The minimum atomic E-state index is -0.166. The monoisotopic (exact) mass is 1240 g/mol. The van der Waals surface area contributed by atoms with E-state index in [0.717, 1.165) is 38.8 Å². The molecule has 397 valence electrons. The maximum atomic E-state index is 4.97. The molecule has 0 fully saturated rings. The molecule has 83 heavy (non-hydrogen) atoms. The first-order valence-corrected chi connectivity index (χ1v) is 28.4. The van der Waals surface area contributed by atoms with Crippen molar-refractivity contribution in [1.29, 1.82) is 0 Å². The van der Waals surface area contributed by atoms with Crippen LogP contribution in [0.5, 0.6) is 0 Å². The van der Waals surface area contributed by atoms with E-state index in [1.54, 1.807) is 0 Å². The molecule has 0 amide bonds. The molecule has 4 nitrogen and oxygen atoms in total. The van der Waals surface area contributed by atoms with E-state index in [4.69, 9.17) is 9.97 Å². The normalized spacial score (nSPS) is 13.4. The molecule has 1 radical (unpaired) electrons. The zero-order valence-corrected chi connectivity index (χ0v) is 48.8. The largest absolute Gasteiger partial charge is 0.309 e. The van der Waals surface area contributed by atoms with Gasteiger partial charge in [0.2, 0.25) is 0 Å². The molecule has 0 bridgehead atoms. The standard InChI is InChI=1S/C42H29N2.C36H25N2.Ir/c1-42(2)35-16-7-9-18-40(35)44-39-22-20-30(27-11-4-3-5-12-27)24-33(39)34-25-32(26-36(42)41(34)44)29-14-10-15-31(23-29)38-21-19-28-13-6-8-17-37(28)43-38;1-36(2)30-14-5-6-16-33(30)38-32-18-17-25(22-29(32)28-13-8-15-31(36)35(28)38)24-10-7-11-26(21-24)34-27-12-4-3-9-23(27)19-20-37-34;/h3-14,16-26H,1-2H3;3-10,12-22H,1-2H3;/q2*-1;. The predicted octanol–water partition coefficient (Wildman–Crippen LogP) is 19.9. The summed E-state index contributed by atoms with van der Waals surface area (Å²) in [5, 5.41) is 8.63. The van der Waals surface area contributed by atoms with E-state index in [-0.39, 0.29) is 30.9 Å². The maximum Gasteiger partial charge on any atom is 0.0595 e. The molecule has 4 aromatic heterocycles. The van der Waals surface area contributed by atoms with Gasteiger partial charge in [0.15, 0.2) is 0 Å². The molecule has 11 aromatic carbocycles. The quantitative estimate of drug-likeness (QED) is 0.161. The Morgan fingerprint density at radius 2 is 0.904 bits per heavy atom. The summed E-state index contributed by atoms with van der Waals surface area (Å²) in [6.45, 7) is 9.42. The van der Waals surface area contributed by atoms with Crippen molar-refractivity contribution in [2.75, 3.05) is 0 Å². The second-order valence-electron chi connectivity index (χ2n) is 23.2. The summed E-state index contributed by atoms with van der Waals surface area (Å²) in [4.78, 5) is 9.70. The number of hydrogen-bond acceptors (Lipinski definition) is 2. The van der Waals surface area contributed by atoms with Gasteiger partial charge < -0.3 is 14.1 Å². The summed E-state index contributed by atoms with van der Waals surface area (Å²) < 4.78 is 4.96. The number of nitrogens with zero attached hydrogens (tertiary/aromatic N) is 4. The van der Waals surface area contributed by atoms with Gasteiger partial charge in [-0.2, -0.15) is 0 Å². The summed E-state index contributed by atoms with van der Waals surface area (Å²) in [7, 11) is 0. The van der Waals surface area contributed by atoms with Crippen molar-refractivity contribution in [2.24, 2.45) is 0 Å². The number of para-hydroxylation sites is 4. The number of fused-ring (bicyclic) bond motifs is 12. The smallest absolute Gasteiger partial charge is 0.0595 e. The van der Waals surface area contributed by atoms with E-state index in [2.05, 4.69) is 279 Å². The van der Waals surface area contributed by atoms with Crippen molar-refractivity contribution in [3.05, 3.63) is 289 Å². The van der Waals surface area contributed by atoms with Crippen molar-refractivity contribution in [3.63, 3.8) is 0 Å². The van der Waals surface area contributed by atoms with Gasteiger partial charge >= 0.3 is 0 Å². The Kier molecular flexibility index (Phi) is 11.7. The molecule has 0 saturated carbocycles. The number of rotatable bonds is 5. The molecule has 6 heterocycles. The van der Waals surface area contributed by atoms with Gasteiger partial charge in [0.05, 0.1) is 39.0 Å². The van der Waals surface area contributed by atoms with Gasteiger partial charge in [-0.1, -0.05) is 179 Å². The molecule has 0 atom stereocenters. The summed E-state index contributed by atoms with van der Waals surface area (Å²) in [6.07, 6.45) is 1.89. The molecule has 2 aliphatic rings. The van der Waals surface area contributed by atoms with Crippen molar-refractivity contribution in [1.82, 2.24) is 19.1 Å². The Morgan fingerprint density at radius 1 is 0.361 bits per heavy atom. The summed E-state index contributed by atoms with van der Waals surface area (Å²) in [5.74, 6) is 0. The second kappa shape index (κ2) is 19.3. The van der Waals surface area contributed by atoms with E-state index in [9.17, 15) is 0 Å². The number of hydrogen-bond donors (Lipinski definition) is 0. The molecule has 2 aliphatic heterocycles. The molecular formula is C78H54IrN4-2. The van der Waals surface area contributed by atoms with Crippen LogP contribution >= 0.6 is 0 Å². The Hall–Kier alpha value is -9.51. The molecule has 5 heteroatoms. The first-order valence-electron chi connectivity index (χ1n) is 28.4. The van der Waals surface area contributed by atoms with Crippen LogP contribution in [-0.4, -0.2) is 19.1 Å². The van der Waals surface area contributed by atoms with Crippen LogP contribution in [0.4, 0.5) is 0 Å². The second-order valence-corrected chi connectivity index (χ2v) is 23.2. The van der Waals surface area contributed by atoms with Gasteiger partial charge in [-0.3, -0.25) is 4.98 Å². The van der Waals surface area contributed by atoms with Crippen LogP contribution in [0.25, 0.3) is 133 Å². The van der Waals surface area contributed by atoms with E-state index < -0.39 is 0 Å². The van der Waals surface area contributed by atoms with E-state index in [1.807, 2.05) is 24.4 Å². The third kappa shape index (κ3) is 7.90. The van der Waals surface area contributed by atoms with E-state index >= 15 is 0 Å². The molecular weight excluding hydrogens is 1190 g/mol. The van der Waals surface area contributed by atoms with Crippen LogP contribution in [-0.2, 0) is 30.9 Å². The van der Waals surface area contributed by atoms with Gasteiger partial charge in [-0.15, -0.1) is 70.8 Å². The Morgan fingerprint density at radius 3 is 1.65 bits per heavy atom. The third-order valence-corrected chi connectivity index (χ3v) is 17.8. The van der Waals surface area contributed by atoms with Crippen molar-refractivity contribution in [2.45, 2.75) is 38.5 Å². The average molecular weight is 1240 g/mol. The van der Waals surface area contributed by atoms with Gasteiger partial charge in [0.25, 0.3) is 0 Å². The predicted molar refractivity (Wildman–Crippen MR) is 341 cm³/mol. The molecule has 0 spiro atoms. The SMILES string of the molecule is CC1(C)c2ccccc2-n2c3ccc(-c4cc[c-]c(-c5nccc6ccccc56)c4)cc3c3cccc1c32.CC1(C)c2ccccc2-n2c3ccc(-c4ccccc4)cc3c3cc(-c4cc[c-]c(-c5ccc6ccccc6n5)c4)cc1c32.[Ir]. The average Bonchev–Trinajstić information content (AvgIpc) is 2.04. The minimum absolute atomic E-state index is 0. The summed E-state index contributed by atoms with van der Waals surface area (Å²) >= 11 is 0. The topological polar surface area (TPSA) is 35.6 Å². The summed E-state index contributed by atoms with van der Waals surface area (Å²) in [5.41, 5.74) is 25.0. The fraction of sp³-hybridized carbons (Fsp3) is 0.0769. The number of benzene rings is 11. The third-order valence-electron chi connectivity index (χ3n) is 17.8. The molecule has 0 saturated heterocycles. The Labute approximate surface area is 496 Å². The zero-order chi connectivity index (χ0) is 54.8. The number of aromatic nitrogens is 4. The summed E-state index contributed by atoms with van der Waals surface area (Å²) in [6, 6.07) is 96.6. The molecule has 15 aromatic rings. The van der Waals surface area contributed by atoms with Crippen LogP contribution in [0.1, 0.15) is 49.9 Å². The van der Waals surface area contributed by atoms with Crippen LogP contribution in [0, 0.1) is 12.1 Å². The van der Waals surface area contributed by atoms with Crippen molar-refractivity contribution in [3.8, 4) is 67.3 Å². The van der Waals surface area contributed by atoms with Crippen molar-refractivity contribution < 1.29 is 20.1 Å². The first-order chi connectivity index (χ1) is 40.2. The van der Waals surface area contributed by atoms with E-state index in [1.165, 1.54) is 116 Å². The minimum Gasteiger partial charge on any atom is -0.309 e. The van der Waals surface area contributed by atoms with Crippen LogP contribution in [0.3, 0.4) is 0 Å². The van der Waals surface area contributed by atoms with Crippen LogP contribution in [0.2, 0.25) is 0 Å². The van der Waals surface area contributed by atoms with Gasteiger partial charge in [-0.05, 0) is 133 Å². The van der Waals surface area contributed by atoms with E-state index in [0.29, 0.717) is 0 Å². The van der Waals surface area contributed by atoms with Crippen LogP contribution < -0.4 is 0 Å². The maximum absolute atomic E-state index is 4.97. The zero-order valence-electron chi connectivity index (χ0n) is 46.4. The molecule has 0 aliphatic carbocycles. The van der Waals surface area contributed by atoms with Gasteiger partial charge in [0, 0.05) is 58.7 Å². The Balaban J connectivity index is 0.000000141. The van der Waals surface area contributed by atoms with Crippen LogP contribution in [0.15, 0.2) is 255 Å². The molecule has 0 N–H and O–H groups in total. The van der Waals surface area contributed by atoms with Gasteiger partial charge in [-0.25, -0.2) is 0 Å². The fourth-order valence-corrected chi connectivity index (χ4v) is 13.7. The Bertz CT molecular complexity index is 5110.